The molecule has 1 heterocycles. The average Bonchev–Trinajstić information content (AvgIpc) is 2.53. The summed E-state index contributed by atoms with van der Waals surface area (Å²) in [5, 5.41) is 0.646. The summed E-state index contributed by atoms with van der Waals surface area (Å²) < 4.78 is 0. The molecule has 1 N–H and O–H groups in total. The molecule has 22 heavy (non-hydrogen) atoms. The Morgan fingerprint density at radius 3 is 2.64 bits per heavy atom. The van der Waals surface area contributed by atoms with Crippen molar-refractivity contribution in [2.24, 2.45) is 0 Å². The number of thioether (sulfide) groups is 1. The van der Waals surface area contributed by atoms with E-state index < -0.39 is 0 Å². The molecule has 0 atom stereocenters. The fraction of sp³-hybridized carbons (Fsp3) is 0.111. The standard InChI is InChI=1S/C18H16N2OS/c1-13-6-5-9-15(10-13)16-11-17(21)20-18(19-16)22-12-14-7-3-2-4-8-14/h2-11H,12H2,1H3,(H,19,20,21). The molecule has 0 spiro atoms. The van der Waals surface area contributed by atoms with Gasteiger partial charge in [-0.2, -0.15) is 0 Å². The van der Waals surface area contributed by atoms with Crippen molar-refractivity contribution in [3.05, 3.63) is 82.1 Å². The zero-order chi connectivity index (χ0) is 15.4. The third-order valence-electron chi connectivity index (χ3n) is 3.25. The van der Waals surface area contributed by atoms with Gasteiger partial charge in [-0.1, -0.05) is 65.9 Å². The van der Waals surface area contributed by atoms with E-state index in [2.05, 4.69) is 22.1 Å². The van der Waals surface area contributed by atoms with Crippen molar-refractivity contribution in [1.29, 1.82) is 0 Å². The van der Waals surface area contributed by atoms with Gasteiger partial charge in [0.2, 0.25) is 0 Å². The van der Waals surface area contributed by atoms with Crippen LogP contribution in [0.4, 0.5) is 0 Å². The van der Waals surface area contributed by atoms with Crippen LogP contribution in [-0.4, -0.2) is 9.97 Å². The molecule has 110 valence electrons. The first-order chi connectivity index (χ1) is 10.7. The van der Waals surface area contributed by atoms with Crippen LogP contribution in [0.15, 0.2) is 70.6 Å². The minimum Gasteiger partial charge on any atom is -0.301 e. The topological polar surface area (TPSA) is 45.8 Å². The number of aromatic nitrogens is 2. The summed E-state index contributed by atoms with van der Waals surface area (Å²) in [7, 11) is 0. The lowest BCUT2D eigenvalue weighted by molar-refractivity contribution is 0.942. The Morgan fingerprint density at radius 2 is 1.86 bits per heavy atom. The summed E-state index contributed by atoms with van der Waals surface area (Å²) >= 11 is 1.53. The average molecular weight is 308 g/mol. The Hall–Kier alpha value is -2.33. The lowest BCUT2D eigenvalue weighted by Gasteiger charge is -2.05. The van der Waals surface area contributed by atoms with Gasteiger partial charge in [-0.25, -0.2) is 4.98 Å². The summed E-state index contributed by atoms with van der Waals surface area (Å²) in [5.74, 6) is 0.779. The van der Waals surface area contributed by atoms with Crippen molar-refractivity contribution >= 4 is 11.8 Å². The second-order valence-corrected chi connectivity index (χ2v) is 6.04. The van der Waals surface area contributed by atoms with Gasteiger partial charge in [-0.15, -0.1) is 0 Å². The minimum absolute atomic E-state index is 0.123. The molecule has 0 saturated carbocycles. The van der Waals surface area contributed by atoms with Gasteiger partial charge >= 0.3 is 0 Å². The van der Waals surface area contributed by atoms with Gasteiger partial charge in [0.05, 0.1) is 5.69 Å². The van der Waals surface area contributed by atoms with E-state index in [-0.39, 0.29) is 5.56 Å². The summed E-state index contributed by atoms with van der Waals surface area (Å²) in [6, 6.07) is 19.7. The Morgan fingerprint density at radius 1 is 1.05 bits per heavy atom. The SMILES string of the molecule is Cc1cccc(-c2cc(=O)[nH]c(SCc3ccccc3)n2)c1. The molecule has 0 fully saturated rings. The van der Waals surface area contributed by atoms with Gasteiger partial charge in [0.15, 0.2) is 5.16 Å². The monoisotopic (exact) mass is 308 g/mol. The summed E-state index contributed by atoms with van der Waals surface area (Å²) in [6.07, 6.45) is 0. The van der Waals surface area contributed by atoms with Crippen molar-refractivity contribution in [2.45, 2.75) is 17.8 Å². The van der Waals surface area contributed by atoms with Gasteiger partial charge in [0.25, 0.3) is 5.56 Å². The molecule has 0 amide bonds. The molecule has 0 bridgehead atoms. The molecule has 3 rings (SSSR count). The maximum atomic E-state index is 11.9. The van der Waals surface area contributed by atoms with Crippen LogP contribution in [0.5, 0.6) is 0 Å². The third-order valence-corrected chi connectivity index (χ3v) is 4.20. The molecular formula is C18H16N2OS. The van der Waals surface area contributed by atoms with E-state index in [1.165, 1.54) is 17.3 Å². The van der Waals surface area contributed by atoms with Crippen molar-refractivity contribution in [3.8, 4) is 11.3 Å². The zero-order valence-electron chi connectivity index (χ0n) is 12.2. The number of H-pyrrole nitrogens is 1. The maximum Gasteiger partial charge on any atom is 0.252 e. The predicted molar refractivity (Wildman–Crippen MR) is 91.0 cm³/mol. The number of hydrogen-bond acceptors (Lipinski definition) is 3. The van der Waals surface area contributed by atoms with Crippen LogP contribution < -0.4 is 5.56 Å². The van der Waals surface area contributed by atoms with Crippen LogP contribution in [0.25, 0.3) is 11.3 Å². The highest BCUT2D eigenvalue weighted by Crippen LogP contribution is 2.22. The second-order valence-electron chi connectivity index (χ2n) is 5.08. The van der Waals surface area contributed by atoms with Crippen molar-refractivity contribution < 1.29 is 0 Å². The number of benzene rings is 2. The first-order valence-electron chi connectivity index (χ1n) is 7.06. The van der Waals surface area contributed by atoms with Crippen LogP contribution in [0, 0.1) is 6.92 Å². The van der Waals surface area contributed by atoms with Crippen LogP contribution >= 0.6 is 11.8 Å². The van der Waals surface area contributed by atoms with E-state index in [4.69, 9.17) is 0 Å². The number of aryl methyl sites for hydroxylation is 1. The molecule has 0 aliphatic rings. The fourth-order valence-electron chi connectivity index (χ4n) is 2.18. The number of hydrogen-bond donors (Lipinski definition) is 1. The maximum absolute atomic E-state index is 11.9. The Balaban J connectivity index is 1.85. The molecule has 0 aliphatic heterocycles. The molecule has 0 radical (unpaired) electrons. The van der Waals surface area contributed by atoms with Crippen LogP contribution in [0.3, 0.4) is 0 Å². The van der Waals surface area contributed by atoms with Gasteiger partial charge < -0.3 is 4.98 Å². The molecular weight excluding hydrogens is 292 g/mol. The van der Waals surface area contributed by atoms with E-state index in [9.17, 15) is 4.79 Å². The smallest absolute Gasteiger partial charge is 0.252 e. The van der Waals surface area contributed by atoms with Gasteiger partial charge in [0, 0.05) is 17.4 Å². The quantitative estimate of drug-likeness (QED) is 0.584. The van der Waals surface area contributed by atoms with Crippen LogP contribution in [-0.2, 0) is 5.75 Å². The van der Waals surface area contributed by atoms with Crippen molar-refractivity contribution in [2.75, 3.05) is 0 Å². The van der Waals surface area contributed by atoms with E-state index in [1.807, 2.05) is 49.4 Å². The summed E-state index contributed by atoms with van der Waals surface area (Å²) in [6.45, 7) is 2.03. The lowest BCUT2D eigenvalue weighted by atomic mass is 10.1. The molecule has 0 saturated heterocycles. The Bertz CT molecular complexity index is 828. The number of nitrogens with zero attached hydrogens (tertiary/aromatic N) is 1. The highest BCUT2D eigenvalue weighted by Gasteiger charge is 2.05. The summed E-state index contributed by atoms with van der Waals surface area (Å²) in [4.78, 5) is 19.2. The third kappa shape index (κ3) is 3.65. The van der Waals surface area contributed by atoms with Crippen molar-refractivity contribution in [3.63, 3.8) is 0 Å². The van der Waals surface area contributed by atoms with Gasteiger partial charge in [-0.05, 0) is 18.6 Å². The Labute approximate surface area is 133 Å². The number of aromatic amines is 1. The van der Waals surface area contributed by atoms with Gasteiger partial charge in [-0.3, -0.25) is 4.79 Å². The van der Waals surface area contributed by atoms with E-state index in [0.29, 0.717) is 10.9 Å². The van der Waals surface area contributed by atoms with E-state index in [1.54, 1.807) is 6.07 Å². The number of rotatable bonds is 4. The molecule has 3 nitrogen and oxygen atoms in total. The predicted octanol–water partition coefficient (Wildman–Crippen LogP) is 4.04. The molecule has 0 aliphatic carbocycles. The summed E-state index contributed by atoms with van der Waals surface area (Å²) in [5.41, 5.74) is 3.91. The normalized spacial score (nSPS) is 10.6. The van der Waals surface area contributed by atoms with Crippen LogP contribution in [0.1, 0.15) is 11.1 Å². The fourth-order valence-corrected chi connectivity index (χ4v) is 3.01. The second kappa shape index (κ2) is 6.62. The van der Waals surface area contributed by atoms with E-state index >= 15 is 0 Å². The highest BCUT2D eigenvalue weighted by molar-refractivity contribution is 7.98. The van der Waals surface area contributed by atoms with Crippen LogP contribution in [0.2, 0.25) is 0 Å². The first-order valence-corrected chi connectivity index (χ1v) is 8.04. The van der Waals surface area contributed by atoms with Crippen molar-refractivity contribution in [1.82, 2.24) is 9.97 Å². The molecule has 3 aromatic rings. The largest absolute Gasteiger partial charge is 0.301 e. The van der Waals surface area contributed by atoms with E-state index in [0.717, 1.165) is 16.9 Å². The first kappa shape index (κ1) is 14.6. The van der Waals surface area contributed by atoms with Gasteiger partial charge in [0.1, 0.15) is 0 Å². The molecule has 4 heteroatoms. The highest BCUT2D eigenvalue weighted by atomic mass is 32.2. The zero-order valence-corrected chi connectivity index (χ0v) is 13.1. The molecule has 1 aromatic heterocycles. The Kier molecular flexibility index (Phi) is 4.39. The molecule has 2 aromatic carbocycles. The number of nitrogens with one attached hydrogen (secondary N) is 1. The lowest BCUT2D eigenvalue weighted by Crippen LogP contribution is -2.08. The minimum atomic E-state index is -0.123. The molecule has 0 unspecified atom stereocenters.